The van der Waals surface area contributed by atoms with Crippen molar-refractivity contribution >= 4 is 23.6 Å². The molecule has 42 atom stereocenters. The van der Waals surface area contributed by atoms with Crippen LogP contribution in [0.25, 0.3) is 0 Å². The molecule has 8 fully saturated rings. The maximum Gasteiger partial charge on any atom is 0.220 e. The fraction of sp³-hybridized carbons (Fsp3) is 0.936. The molecule has 0 aliphatic carbocycles. The van der Waals surface area contributed by atoms with Crippen molar-refractivity contribution in [1.82, 2.24) is 21.3 Å². The van der Waals surface area contributed by atoms with Gasteiger partial charge >= 0.3 is 0 Å². The average Bonchev–Trinajstić information content (AvgIpc) is 0.751. The van der Waals surface area contributed by atoms with Crippen LogP contribution in [0.1, 0.15) is 247 Å². The van der Waals surface area contributed by atoms with Crippen LogP contribution in [0.15, 0.2) is 12.2 Å². The highest BCUT2D eigenvalue weighted by Gasteiger charge is 2.61. The highest BCUT2D eigenvalue weighted by atomic mass is 16.8. The van der Waals surface area contributed by atoms with Gasteiger partial charge in [-0.3, -0.25) is 19.2 Å². The van der Waals surface area contributed by atoms with Crippen molar-refractivity contribution in [2.24, 2.45) is 0 Å². The van der Waals surface area contributed by atoms with Gasteiger partial charge in [-0.25, -0.2) is 0 Å². The second kappa shape index (κ2) is 63.2. The van der Waals surface area contributed by atoms with E-state index >= 15 is 0 Å². The van der Waals surface area contributed by atoms with Crippen LogP contribution >= 0.6 is 0 Å². The normalized spacial score (nSPS) is 38.7. The van der Waals surface area contributed by atoms with Crippen molar-refractivity contribution in [3.63, 3.8) is 0 Å². The van der Waals surface area contributed by atoms with Gasteiger partial charge in [-0.15, -0.1) is 0 Å². The zero-order valence-corrected chi connectivity index (χ0v) is 81.7. The topological polar surface area (TPSA) is 709 Å². The molecule has 0 aromatic heterocycles. The number of aliphatic hydroxyl groups is 22. The molecule has 816 valence electrons. The first-order valence-electron chi connectivity index (χ1n) is 50.8. The molecular weight excluding hydrogens is 1860 g/mol. The van der Waals surface area contributed by atoms with Crippen LogP contribution in [-0.2, 0) is 95.0 Å². The molecule has 46 heteroatoms. The SMILES string of the molecule is CCCCCCCCCCCCC/C=C/[C@@H](O)[C@H](CO[C@@H]1OC(CO)[C@@H](O[C@@H]2OC(CO)[C@H](O)[C@H](O[C@@H]3OC(CO)[C@@H](O)[C@H](O[C@@H]4OC(CO)[C@H](O)[C@H](O[C@@H]5OC(CO)[C@@H](O)[C@H](O[C@@H]6OC(CO)[C@H](O)[C@H](O[C@H]7OC(CO)[C@H](O)[C@H](O)C7NC(C)=O)C6O[C@H]6OC(C)[C@@H](O)C(O)[C@@H]6O)C5NC(C)=O)C4O)C3NC(C)=O)C2O)[C@H](O)C1O)NC(=O)CCCCCCCCCCCCCCCCCCCCC. The van der Waals surface area contributed by atoms with Gasteiger partial charge in [-0.2, -0.15) is 0 Å². The van der Waals surface area contributed by atoms with Crippen LogP contribution in [0.5, 0.6) is 0 Å². The summed E-state index contributed by atoms with van der Waals surface area (Å²) in [6.45, 7) is 0.466. The highest BCUT2D eigenvalue weighted by Crippen LogP contribution is 2.41. The van der Waals surface area contributed by atoms with E-state index in [1.807, 2.05) is 6.08 Å². The Morgan fingerprint density at radius 1 is 0.293 bits per heavy atom. The Hall–Kier alpha value is -3.90. The maximum absolute atomic E-state index is 13.7. The van der Waals surface area contributed by atoms with Gasteiger partial charge in [0.1, 0.15) is 189 Å². The number of aliphatic hydroxyl groups excluding tert-OH is 22. The lowest BCUT2D eigenvalue weighted by atomic mass is 9.93. The lowest BCUT2D eigenvalue weighted by molar-refractivity contribution is -0.401. The summed E-state index contributed by atoms with van der Waals surface area (Å²) < 4.78 is 97.3. The standard InChI is InChI=1S/C94H168N4O42/c1-7-9-11-13-15-17-19-21-22-23-24-25-26-28-30-32-34-36-38-40-62(110)98-53(54(109)39-37-35-33-31-29-27-20-18-16-14-12-10-8-2)48-125-90-77(122)75(120)80(61(47-105)133-90)134-92-78(123)83(70(115)58(44-102)130-92)137-88-64(96-51(5)107)81(68(113)56(42-100)128-88)135-93-79(124)84(71(116)59(45-103)131-93)138-89-65(97-52(6)108)82(69(114)57(43-101)129-89)136-94-86(140-91-76(121)74(119)66(111)49(3)126-91)85(72(117)60(46-104)132-94)139-87-63(95-50(4)106)73(118)67(112)55(41-99)127-87/h37,39,49,53-61,63-94,99-105,109,111-124H,7-36,38,40-48H2,1-6H3,(H,95,106)(H,96,107)(H,97,108)(H,98,110)/b39-37+/t49?,53-,54+,55?,56?,57?,58?,59?,60?,61?,63?,64?,65?,66+,67-,68+,69+,70-,71-,72-,73+,74?,75+,76-,77?,78?,79?,80+,81+,82+,83-,84-,85-,86?,87+,88-,89-,90+,91+,92-,93-,94-/m0/s1. The summed E-state index contributed by atoms with van der Waals surface area (Å²) in [6, 6.07) is -6.85. The van der Waals surface area contributed by atoms with Crippen molar-refractivity contribution < 1.29 is 207 Å². The van der Waals surface area contributed by atoms with Crippen LogP contribution in [0, 0.1) is 0 Å². The highest BCUT2D eigenvalue weighted by molar-refractivity contribution is 5.76. The third kappa shape index (κ3) is 35.4. The summed E-state index contributed by atoms with van der Waals surface area (Å²) >= 11 is 0. The number of unbranched alkanes of at least 4 members (excludes halogenated alkanes) is 29. The van der Waals surface area contributed by atoms with Gasteiger partial charge in [-0.05, 0) is 26.2 Å². The Morgan fingerprint density at radius 3 is 1.01 bits per heavy atom. The van der Waals surface area contributed by atoms with Crippen molar-refractivity contribution in [2.45, 2.75) is 505 Å². The molecule has 8 aliphatic rings. The molecular formula is C94H168N4O42. The zero-order valence-electron chi connectivity index (χ0n) is 81.7. The molecule has 0 aromatic carbocycles. The van der Waals surface area contributed by atoms with Crippen LogP contribution in [0.4, 0.5) is 0 Å². The minimum Gasteiger partial charge on any atom is -0.394 e. The van der Waals surface area contributed by atoms with Crippen LogP contribution < -0.4 is 21.3 Å². The predicted octanol–water partition coefficient (Wildman–Crippen LogP) is -4.04. The van der Waals surface area contributed by atoms with Crippen LogP contribution in [0.2, 0.25) is 0 Å². The van der Waals surface area contributed by atoms with E-state index < -0.39 is 328 Å². The first-order chi connectivity index (χ1) is 67.1. The largest absolute Gasteiger partial charge is 0.394 e. The number of hydrogen-bond donors (Lipinski definition) is 26. The Bertz CT molecular complexity index is 3460. The summed E-state index contributed by atoms with van der Waals surface area (Å²) in [6.07, 6.45) is -37.4. The molecule has 8 saturated heterocycles. The van der Waals surface area contributed by atoms with Crippen molar-refractivity contribution in [2.75, 3.05) is 52.9 Å². The van der Waals surface area contributed by atoms with Gasteiger partial charge in [0, 0.05) is 27.2 Å². The first-order valence-corrected chi connectivity index (χ1v) is 50.8. The van der Waals surface area contributed by atoms with Gasteiger partial charge in [0.05, 0.1) is 71.1 Å². The number of nitrogens with one attached hydrogen (secondary N) is 4. The quantitative estimate of drug-likeness (QED) is 0.0204. The lowest BCUT2D eigenvalue weighted by Gasteiger charge is -2.52. The number of carbonyl (C=O) groups excluding carboxylic acids is 4. The van der Waals surface area contributed by atoms with Crippen molar-refractivity contribution in [3.8, 4) is 0 Å². The smallest absolute Gasteiger partial charge is 0.220 e. The van der Waals surface area contributed by atoms with Crippen molar-refractivity contribution in [1.29, 1.82) is 0 Å². The molecule has 0 bridgehead atoms. The molecule has 0 saturated carbocycles. The summed E-state index contributed by atoms with van der Waals surface area (Å²) in [7, 11) is 0. The monoisotopic (exact) mass is 2030 g/mol. The molecule has 0 radical (unpaired) electrons. The predicted molar refractivity (Wildman–Crippen MR) is 488 cm³/mol. The number of rotatable bonds is 62. The van der Waals surface area contributed by atoms with Gasteiger partial charge in [0.25, 0.3) is 0 Å². The molecule has 46 nitrogen and oxygen atoms in total. The van der Waals surface area contributed by atoms with E-state index in [0.29, 0.717) is 12.8 Å². The Morgan fingerprint density at radius 2 is 0.600 bits per heavy atom. The number of allylic oxidation sites excluding steroid dienone is 1. The van der Waals surface area contributed by atoms with E-state index in [2.05, 4.69) is 35.1 Å². The third-order valence-electron chi connectivity index (χ3n) is 27.3. The van der Waals surface area contributed by atoms with E-state index in [0.717, 1.165) is 78.6 Å². The van der Waals surface area contributed by atoms with Crippen molar-refractivity contribution in [3.05, 3.63) is 12.2 Å². The van der Waals surface area contributed by atoms with Gasteiger partial charge < -0.3 is 209 Å². The van der Waals surface area contributed by atoms with E-state index in [1.54, 1.807) is 6.08 Å². The Kier molecular flexibility index (Phi) is 54.7. The van der Waals surface area contributed by atoms with E-state index in [-0.39, 0.29) is 12.3 Å². The maximum atomic E-state index is 13.7. The van der Waals surface area contributed by atoms with Crippen LogP contribution in [0.3, 0.4) is 0 Å². The number of carbonyl (C=O) groups is 4. The number of hydrogen-bond acceptors (Lipinski definition) is 42. The van der Waals surface area contributed by atoms with E-state index in [9.17, 15) is 132 Å². The van der Waals surface area contributed by atoms with E-state index in [1.165, 1.54) is 135 Å². The number of amides is 4. The molecule has 140 heavy (non-hydrogen) atoms. The molecule has 4 amide bonds. The molecule has 0 spiro atoms. The molecule has 8 rings (SSSR count). The Balaban J connectivity index is 0.958. The van der Waals surface area contributed by atoms with Gasteiger partial charge in [0.2, 0.25) is 23.6 Å². The first kappa shape index (κ1) is 121. The summed E-state index contributed by atoms with van der Waals surface area (Å²) in [5.74, 6) is -3.15. The van der Waals surface area contributed by atoms with Gasteiger partial charge in [-0.1, -0.05) is 206 Å². The second-order valence-corrected chi connectivity index (χ2v) is 38.4. The Labute approximate surface area is 818 Å². The van der Waals surface area contributed by atoms with Crippen LogP contribution in [-0.4, -0.2) is 446 Å². The molecule has 8 aliphatic heterocycles. The zero-order chi connectivity index (χ0) is 102. The lowest BCUT2D eigenvalue weighted by Crippen LogP contribution is -2.71. The number of ether oxygens (including phenoxy) is 16. The minimum absolute atomic E-state index is 0.145. The fourth-order valence-corrected chi connectivity index (χ4v) is 19.1. The third-order valence-corrected chi connectivity index (χ3v) is 27.3. The molecule has 8 heterocycles. The van der Waals surface area contributed by atoms with E-state index in [4.69, 9.17) is 75.8 Å². The average molecular weight is 2030 g/mol. The second-order valence-electron chi connectivity index (χ2n) is 38.4. The summed E-state index contributed by atoms with van der Waals surface area (Å²) in [4.78, 5) is 53.2. The molecule has 0 aromatic rings. The molecule has 26 N–H and O–H groups in total. The summed E-state index contributed by atoms with van der Waals surface area (Å²) in [5.41, 5.74) is 0. The van der Waals surface area contributed by atoms with Gasteiger partial charge in [0.15, 0.2) is 50.3 Å². The fourth-order valence-electron chi connectivity index (χ4n) is 19.1. The minimum atomic E-state index is -2.45. The summed E-state index contributed by atoms with van der Waals surface area (Å²) in [5, 5.41) is 261. The molecule has 16 unspecified atom stereocenters.